The second kappa shape index (κ2) is 8.02. The topological polar surface area (TPSA) is 51.2 Å². The van der Waals surface area contributed by atoms with Gasteiger partial charge in [0.15, 0.2) is 5.75 Å². The highest BCUT2D eigenvalue weighted by Gasteiger charge is 2.25. The fraction of sp³-hybridized carbons (Fsp3) is 0.391. The van der Waals surface area contributed by atoms with Crippen LogP contribution in [0.5, 0.6) is 5.75 Å². The third-order valence-corrected chi connectivity index (χ3v) is 6.40. The number of unbranched alkanes of at least 4 members (excludes halogenated alkanes) is 1. The Morgan fingerprint density at radius 1 is 1.25 bits per heavy atom. The zero-order valence-electron chi connectivity index (χ0n) is 16.7. The van der Waals surface area contributed by atoms with E-state index in [9.17, 15) is 4.79 Å². The monoisotopic (exact) mass is 394 g/mol. The SMILES string of the molecule is CCCCC(=O)Oc1c(C)nc2sc3c(c2c1-c1ccc(C)cc1)CCNC3. The first-order valence-electron chi connectivity index (χ1n) is 10.0. The number of thiophene rings is 1. The molecule has 1 N–H and O–H groups in total. The second-order valence-electron chi connectivity index (χ2n) is 7.46. The van der Waals surface area contributed by atoms with Gasteiger partial charge >= 0.3 is 5.97 Å². The summed E-state index contributed by atoms with van der Waals surface area (Å²) in [6.07, 6.45) is 3.23. The van der Waals surface area contributed by atoms with Crippen LogP contribution >= 0.6 is 11.3 Å². The summed E-state index contributed by atoms with van der Waals surface area (Å²) in [5, 5.41) is 4.61. The van der Waals surface area contributed by atoms with Crippen molar-refractivity contribution in [1.29, 1.82) is 0 Å². The summed E-state index contributed by atoms with van der Waals surface area (Å²) in [6.45, 7) is 7.95. The molecule has 0 amide bonds. The Bertz CT molecular complexity index is 1020. The first kappa shape index (κ1) is 19.1. The van der Waals surface area contributed by atoms with E-state index in [-0.39, 0.29) is 5.97 Å². The van der Waals surface area contributed by atoms with Gasteiger partial charge < -0.3 is 10.1 Å². The van der Waals surface area contributed by atoms with Crippen LogP contribution < -0.4 is 10.1 Å². The molecular formula is C23H26N2O2S. The Labute approximate surface area is 169 Å². The zero-order chi connectivity index (χ0) is 19.7. The number of nitrogens with one attached hydrogen (secondary N) is 1. The minimum atomic E-state index is -0.176. The molecule has 0 saturated carbocycles. The molecule has 146 valence electrons. The van der Waals surface area contributed by atoms with Crippen LogP contribution in [-0.4, -0.2) is 17.5 Å². The van der Waals surface area contributed by atoms with Crippen molar-refractivity contribution in [3.8, 4) is 16.9 Å². The average molecular weight is 395 g/mol. The van der Waals surface area contributed by atoms with Crippen molar-refractivity contribution in [1.82, 2.24) is 10.3 Å². The molecule has 1 aromatic carbocycles. The number of hydrogen-bond acceptors (Lipinski definition) is 5. The van der Waals surface area contributed by atoms with E-state index in [1.165, 1.54) is 16.0 Å². The third kappa shape index (κ3) is 3.56. The molecule has 5 heteroatoms. The lowest BCUT2D eigenvalue weighted by atomic mass is 9.95. The van der Waals surface area contributed by atoms with Crippen LogP contribution in [-0.2, 0) is 17.8 Å². The lowest BCUT2D eigenvalue weighted by Gasteiger charge is -2.17. The van der Waals surface area contributed by atoms with Crippen LogP contribution in [0.1, 0.15) is 47.9 Å². The predicted molar refractivity (Wildman–Crippen MR) is 115 cm³/mol. The van der Waals surface area contributed by atoms with Crippen molar-refractivity contribution in [2.45, 2.75) is 53.0 Å². The lowest BCUT2D eigenvalue weighted by Crippen LogP contribution is -2.22. The maximum atomic E-state index is 12.5. The van der Waals surface area contributed by atoms with Crippen LogP contribution in [0.4, 0.5) is 0 Å². The number of carbonyl (C=O) groups is 1. The first-order chi connectivity index (χ1) is 13.6. The van der Waals surface area contributed by atoms with Gasteiger partial charge in [0.2, 0.25) is 0 Å². The highest BCUT2D eigenvalue weighted by atomic mass is 32.1. The van der Waals surface area contributed by atoms with Crippen molar-refractivity contribution in [2.24, 2.45) is 0 Å². The van der Waals surface area contributed by atoms with E-state index >= 15 is 0 Å². The Hall–Kier alpha value is -2.24. The normalized spacial score (nSPS) is 13.5. The second-order valence-corrected chi connectivity index (χ2v) is 8.54. The van der Waals surface area contributed by atoms with Crippen LogP contribution in [0.25, 0.3) is 21.3 Å². The molecule has 0 bridgehead atoms. The van der Waals surface area contributed by atoms with Crippen molar-refractivity contribution in [3.63, 3.8) is 0 Å². The molecule has 1 aliphatic heterocycles. The maximum absolute atomic E-state index is 12.5. The number of hydrogen-bond donors (Lipinski definition) is 1. The number of esters is 1. The minimum Gasteiger partial charge on any atom is -0.424 e. The van der Waals surface area contributed by atoms with Gasteiger partial charge in [0.1, 0.15) is 4.83 Å². The number of fused-ring (bicyclic) bond motifs is 3. The third-order valence-electron chi connectivity index (χ3n) is 5.27. The molecule has 0 atom stereocenters. The molecular weight excluding hydrogens is 368 g/mol. The summed E-state index contributed by atoms with van der Waals surface area (Å²) in [4.78, 5) is 19.7. The summed E-state index contributed by atoms with van der Waals surface area (Å²) < 4.78 is 5.92. The summed E-state index contributed by atoms with van der Waals surface area (Å²) in [5.74, 6) is 0.446. The predicted octanol–water partition coefficient (Wildman–Crippen LogP) is 5.32. The maximum Gasteiger partial charge on any atom is 0.311 e. The van der Waals surface area contributed by atoms with E-state index in [0.29, 0.717) is 12.2 Å². The van der Waals surface area contributed by atoms with E-state index in [1.54, 1.807) is 11.3 Å². The molecule has 3 heterocycles. The Morgan fingerprint density at radius 3 is 2.79 bits per heavy atom. The molecule has 28 heavy (non-hydrogen) atoms. The number of nitrogens with zero attached hydrogens (tertiary/aromatic N) is 1. The number of aryl methyl sites for hydroxylation is 2. The number of rotatable bonds is 5. The zero-order valence-corrected chi connectivity index (χ0v) is 17.5. The molecule has 0 unspecified atom stereocenters. The van der Waals surface area contributed by atoms with Crippen molar-refractivity contribution in [3.05, 3.63) is 46.0 Å². The van der Waals surface area contributed by atoms with Gasteiger partial charge in [-0.15, -0.1) is 11.3 Å². The number of ether oxygens (including phenoxy) is 1. The fourth-order valence-corrected chi connectivity index (χ4v) is 5.01. The molecule has 0 aliphatic carbocycles. The van der Waals surface area contributed by atoms with Gasteiger partial charge in [-0.05, 0) is 44.4 Å². The number of benzene rings is 1. The van der Waals surface area contributed by atoms with Gasteiger partial charge in [-0.3, -0.25) is 4.79 Å². The molecule has 2 aromatic heterocycles. The van der Waals surface area contributed by atoms with Crippen molar-refractivity contribution in [2.75, 3.05) is 6.54 Å². The fourth-order valence-electron chi connectivity index (χ4n) is 3.76. The standard InChI is InChI=1S/C23H26N2O2S/c1-4-5-6-19(26)27-22-15(3)25-23-21(17-11-12-24-13-18(17)28-23)20(22)16-9-7-14(2)8-10-16/h7-10,24H,4-6,11-13H2,1-3H3. The lowest BCUT2D eigenvalue weighted by molar-refractivity contribution is -0.134. The van der Waals surface area contributed by atoms with Gasteiger partial charge in [0.25, 0.3) is 0 Å². The van der Waals surface area contributed by atoms with Gasteiger partial charge in [-0.25, -0.2) is 4.98 Å². The molecule has 4 rings (SSSR count). The van der Waals surface area contributed by atoms with Gasteiger partial charge in [0, 0.05) is 28.8 Å². The molecule has 0 radical (unpaired) electrons. The van der Waals surface area contributed by atoms with E-state index in [0.717, 1.165) is 59.4 Å². The Kier molecular flexibility index (Phi) is 5.47. The Balaban J connectivity index is 1.93. The van der Waals surface area contributed by atoms with E-state index in [1.807, 2.05) is 6.92 Å². The summed E-state index contributed by atoms with van der Waals surface area (Å²) >= 11 is 1.75. The highest BCUT2D eigenvalue weighted by molar-refractivity contribution is 7.19. The quantitative estimate of drug-likeness (QED) is 0.595. The Morgan fingerprint density at radius 2 is 2.04 bits per heavy atom. The summed E-state index contributed by atoms with van der Waals surface area (Å²) in [7, 11) is 0. The summed E-state index contributed by atoms with van der Waals surface area (Å²) in [6, 6.07) is 8.47. The summed E-state index contributed by atoms with van der Waals surface area (Å²) in [5.41, 5.74) is 5.45. The van der Waals surface area contributed by atoms with Crippen LogP contribution in [0.15, 0.2) is 24.3 Å². The molecule has 1 aliphatic rings. The number of pyridine rings is 1. The largest absolute Gasteiger partial charge is 0.424 e. The van der Waals surface area contributed by atoms with Gasteiger partial charge in [0.05, 0.1) is 5.69 Å². The van der Waals surface area contributed by atoms with Crippen LogP contribution in [0.3, 0.4) is 0 Å². The first-order valence-corrected chi connectivity index (χ1v) is 10.8. The van der Waals surface area contributed by atoms with E-state index in [2.05, 4.69) is 43.4 Å². The van der Waals surface area contributed by atoms with E-state index in [4.69, 9.17) is 9.72 Å². The van der Waals surface area contributed by atoms with Crippen LogP contribution in [0.2, 0.25) is 0 Å². The van der Waals surface area contributed by atoms with Crippen molar-refractivity contribution < 1.29 is 9.53 Å². The average Bonchev–Trinajstić information content (AvgIpc) is 3.05. The number of aromatic nitrogens is 1. The smallest absolute Gasteiger partial charge is 0.311 e. The molecule has 0 saturated heterocycles. The number of carbonyl (C=O) groups excluding carboxylic acids is 1. The molecule has 4 nitrogen and oxygen atoms in total. The molecule has 0 spiro atoms. The molecule has 0 fully saturated rings. The van der Waals surface area contributed by atoms with Gasteiger partial charge in [-0.2, -0.15) is 0 Å². The molecule has 3 aromatic rings. The van der Waals surface area contributed by atoms with E-state index < -0.39 is 0 Å². The van der Waals surface area contributed by atoms with Crippen molar-refractivity contribution >= 4 is 27.5 Å². The highest BCUT2D eigenvalue weighted by Crippen LogP contribution is 2.44. The minimum absolute atomic E-state index is 0.176. The van der Waals surface area contributed by atoms with Crippen LogP contribution in [0, 0.1) is 13.8 Å². The van der Waals surface area contributed by atoms with Gasteiger partial charge in [-0.1, -0.05) is 43.2 Å².